The van der Waals surface area contributed by atoms with E-state index >= 15 is 0 Å². The summed E-state index contributed by atoms with van der Waals surface area (Å²) in [5.74, 6) is -0.189. The van der Waals surface area contributed by atoms with Gasteiger partial charge in [-0.25, -0.2) is 0 Å². The maximum atomic E-state index is 12.3. The molecule has 0 radical (unpaired) electrons. The van der Waals surface area contributed by atoms with E-state index in [-0.39, 0.29) is 5.91 Å². The van der Waals surface area contributed by atoms with Gasteiger partial charge >= 0.3 is 0 Å². The molecule has 1 aromatic heterocycles. The molecule has 0 spiro atoms. The SMILES string of the molecule is CCc1cc(C(=O)NC(CC)(CC)C(N)=S)n(C)n1. The molecule has 3 N–H and O–H groups in total. The first-order valence-corrected chi connectivity index (χ1v) is 6.96. The molecule has 0 aromatic carbocycles. The molecule has 0 aliphatic rings. The van der Waals surface area contributed by atoms with E-state index in [4.69, 9.17) is 18.0 Å². The molecule has 0 aliphatic heterocycles. The zero-order valence-corrected chi connectivity index (χ0v) is 12.8. The van der Waals surface area contributed by atoms with E-state index in [2.05, 4.69) is 10.4 Å². The van der Waals surface area contributed by atoms with Gasteiger partial charge < -0.3 is 11.1 Å². The summed E-state index contributed by atoms with van der Waals surface area (Å²) in [6, 6.07) is 1.80. The molecule has 0 aliphatic carbocycles. The number of amides is 1. The molecule has 6 heteroatoms. The number of carbonyl (C=O) groups is 1. The summed E-state index contributed by atoms with van der Waals surface area (Å²) in [5, 5.41) is 7.23. The van der Waals surface area contributed by atoms with E-state index in [9.17, 15) is 4.79 Å². The van der Waals surface area contributed by atoms with Crippen LogP contribution in [-0.2, 0) is 13.5 Å². The monoisotopic (exact) mass is 282 g/mol. The van der Waals surface area contributed by atoms with Crippen LogP contribution in [0.25, 0.3) is 0 Å². The topological polar surface area (TPSA) is 72.9 Å². The second kappa shape index (κ2) is 6.14. The quantitative estimate of drug-likeness (QED) is 0.777. The van der Waals surface area contributed by atoms with Crippen molar-refractivity contribution in [2.24, 2.45) is 12.8 Å². The van der Waals surface area contributed by atoms with Crippen LogP contribution in [0.5, 0.6) is 0 Å². The summed E-state index contributed by atoms with van der Waals surface area (Å²) in [6.07, 6.45) is 2.13. The Bertz CT molecular complexity index is 477. The summed E-state index contributed by atoms with van der Waals surface area (Å²) in [4.78, 5) is 12.7. The van der Waals surface area contributed by atoms with Crippen LogP contribution < -0.4 is 11.1 Å². The molecule has 0 saturated carbocycles. The molecule has 19 heavy (non-hydrogen) atoms. The van der Waals surface area contributed by atoms with Crippen molar-refractivity contribution in [3.63, 3.8) is 0 Å². The number of nitrogens with one attached hydrogen (secondary N) is 1. The fourth-order valence-electron chi connectivity index (χ4n) is 2.03. The van der Waals surface area contributed by atoms with Gasteiger partial charge in [0, 0.05) is 7.05 Å². The number of aryl methyl sites for hydroxylation is 2. The van der Waals surface area contributed by atoms with Gasteiger partial charge in [0.05, 0.1) is 16.2 Å². The maximum absolute atomic E-state index is 12.3. The Morgan fingerprint density at radius 1 is 1.47 bits per heavy atom. The van der Waals surface area contributed by atoms with Gasteiger partial charge in [0.2, 0.25) is 0 Å². The predicted octanol–water partition coefficient (Wildman–Crippen LogP) is 1.56. The lowest BCUT2D eigenvalue weighted by atomic mass is 9.92. The molecule has 1 aromatic rings. The highest BCUT2D eigenvalue weighted by molar-refractivity contribution is 7.80. The predicted molar refractivity (Wildman–Crippen MR) is 80.2 cm³/mol. The first kappa shape index (κ1) is 15.6. The van der Waals surface area contributed by atoms with Gasteiger partial charge in [-0.2, -0.15) is 5.10 Å². The van der Waals surface area contributed by atoms with Gasteiger partial charge in [-0.3, -0.25) is 9.48 Å². The van der Waals surface area contributed by atoms with Crippen molar-refractivity contribution in [1.82, 2.24) is 15.1 Å². The standard InChI is InChI=1S/C13H22N4OS/c1-5-9-8-10(17(4)16-9)11(18)15-13(6-2,7-3)12(14)19/h8H,5-7H2,1-4H3,(H2,14,19)(H,15,18). The van der Waals surface area contributed by atoms with E-state index in [1.165, 1.54) is 0 Å². The van der Waals surface area contributed by atoms with E-state index in [0.717, 1.165) is 12.1 Å². The van der Waals surface area contributed by atoms with E-state index in [0.29, 0.717) is 23.5 Å². The van der Waals surface area contributed by atoms with E-state index in [1.54, 1.807) is 17.8 Å². The second-order valence-electron chi connectivity index (χ2n) is 4.61. The first-order chi connectivity index (χ1) is 8.90. The minimum absolute atomic E-state index is 0.189. The maximum Gasteiger partial charge on any atom is 0.270 e. The summed E-state index contributed by atoms with van der Waals surface area (Å²) in [6.45, 7) is 5.93. The third kappa shape index (κ3) is 3.12. The largest absolute Gasteiger partial charge is 0.391 e. The summed E-state index contributed by atoms with van der Waals surface area (Å²) in [5.41, 5.74) is 6.58. The molecule has 1 rings (SSSR count). The number of hydrogen-bond donors (Lipinski definition) is 2. The van der Waals surface area contributed by atoms with Crippen molar-refractivity contribution in [3.8, 4) is 0 Å². The van der Waals surface area contributed by atoms with Gasteiger partial charge in [-0.05, 0) is 25.3 Å². The highest BCUT2D eigenvalue weighted by Crippen LogP contribution is 2.17. The van der Waals surface area contributed by atoms with Crippen molar-refractivity contribution in [3.05, 3.63) is 17.5 Å². The molecule has 0 unspecified atom stereocenters. The Kier molecular flexibility index (Phi) is 5.05. The molecule has 0 atom stereocenters. The third-order valence-electron chi connectivity index (χ3n) is 3.56. The Hall–Kier alpha value is -1.43. The molecule has 0 fully saturated rings. The Morgan fingerprint density at radius 2 is 2.05 bits per heavy atom. The molecule has 0 bridgehead atoms. The smallest absolute Gasteiger partial charge is 0.270 e. The normalized spacial score (nSPS) is 11.4. The van der Waals surface area contributed by atoms with Crippen molar-refractivity contribution in [1.29, 1.82) is 0 Å². The number of nitrogens with two attached hydrogens (primary N) is 1. The van der Waals surface area contributed by atoms with Crippen molar-refractivity contribution >= 4 is 23.1 Å². The van der Waals surface area contributed by atoms with Crippen molar-refractivity contribution in [2.45, 2.75) is 45.6 Å². The van der Waals surface area contributed by atoms with Crippen LogP contribution in [0.2, 0.25) is 0 Å². The number of thiocarbonyl (C=S) groups is 1. The number of carbonyl (C=O) groups excluding carboxylic acids is 1. The first-order valence-electron chi connectivity index (χ1n) is 6.55. The van der Waals surface area contributed by atoms with Gasteiger partial charge in [0.1, 0.15) is 5.69 Å². The highest BCUT2D eigenvalue weighted by Gasteiger charge is 2.32. The number of nitrogens with zero attached hydrogens (tertiary/aromatic N) is 2. The fraction of sp³-hybridized carbons (Fsp3) is 0.615. The lowest BCUT2D eigenvalue weighted by molar-refractivity contribution is 0.0910. The fourth-order valence-corrected chi connectivity index (χ4v) is 2.37. The number of hydrogen-bond acceptors (Lipinski definition) is 3. The minimum Gasteiger partial charge on any atom is -0.391 e. The van der Waals surface area contributed by atoms with Crippen LogP contribution in [0.15, 0.2) is 6.07 Å². The number of aromatic nitrogens is 2. The highest BCUT2D eigenvalue weighted by atomic mass is 32.1. The van der Waals surface area contributed by atoms with Crippen LogP contribution in [0, 0.1) is 0 Å². The zero-order valence-electron chi connectivity index (χ0n) is 12.0. The van der Waals surface area contributed by atoms with Crippen LogP contribution in [0.4, 0.5) is 0 Å². The molecular formula is C13H22N4OS. The lowest BCUT2D eigenvalue weighted by Crippen LogP contribution is -2.56. The molecule has 1 heterocycles. The van der Waals surface area contributed by atoms with Gasteiger partial charge in [0.15, 0.2) is 0 Å². The van der Waals surface area contributed by atoms with Crippen LogP contribution in [0.1, 0.15) is 49.8 Å². The second-order valence-corrected chi connectivity index (χ2v) is 5.05. The van der Waals surface area contributed by atoms with E-state index < -0.39 is 5.54 Å². The van der Waals surface area contributed by atoms with Gasteiger partial charge in [0.25, 0.3) is 5.91 Å². The average molecular weight is 282 g/mol. The van der Waals surface area contributed by atoms with Crippen LogP contribution in [-0.4, -0.2) is 26.2 Å². The minimum atomic E-state index is -0.622. The van der Waals surface area contributed by atoms with Crippen molar-refractivity contribution < 1.29 is 4.79 Å². The Morgan fingerprint density at radius 3 is 2.42 bits per heavy atom. The molecule has 0 saturated heterocycles. The van der Waals surface area contributed by atoms with Crippen molar-refractivity contribution in [2.75, 3.05) is 0 Å². The zero-order chi connectivity index (χ0) is 14.6. The van der Waals surface area contributed by atoms with Gasteiger partial charge in [-0.15, -0.1) is 0 Å². The molecule has 5 nitrogen and oxygen atoms in total. The van der Waals surface area contributed by atoms with Gasteiger partial charge in [-0.1, -0.05) is 33.0 Å². The lowest BCUT2D eigenvalue weighted by Gasteiger charge is -2.31. The molecule has 1 amide bonds. The average Bonchev–Trinajstić information content (AvgIpc) is 2.77. The Balaban J connectivity index is 3.00. The third-order valence-corrected chi connectivity index (χ3v) is 3.95. The van der Waals surface area contributed by atoms with E-state index in [1.807, 2.05) is 20.8 Å². The summed E-state index contributed by atoms with van der Waals surface area (Å²) in [7, 11) is 1.76. The van der Waals surface area contributed by atoms with Crippen LogP contribution >= 0.6 is 12.2 Å². The molecular weight excluding hydrogens is 260 g/mol. The molecule has 106 valence electrons. The van der Waals surface area contributed by atoms with Crippen LogP contribution in [0.3, 0.4) is 0 Å². The summed E-state index contributed by atoms with van der Waals surface area (Å²) < 4.78 is 1.59. The Labute approximate surface area is 119 Å². The summed E-state index contributed by atoms with van der Waals surface area (Å²) >= 11 is 5.10. The number of rotatable bonds is 6.